The Bertz CT molecular complexity index is 170. The molecular formula is C10H19NO2. The van der Waals surface area contributed by atoms with Crippen LogP contribution in [-0.2, 0) is 9.63 Å². The lowest BCUT2D eigenvalue weighted by Crippen LogP contribution is -2.28. The van der Waals surface area contributed by atoms with Crippen molar-refractivity contribution >= 4 is 5.91 Å². The molecule has 1 saturated carbocycles. The summed E-state index contributed by atoms with van der Waals surface area (Å²) in [7, 11) is 1.47. The summed E-state index contributed by atoms with van der Waals surface area (Å²) < 4.78 is 0. The van der Waals surface area contributed by atoms with Crippen LogP contribution in [0, 0.1) is 11.8 Å². The Hall–Kier alpha value is -0.570. The van der Waals surface area contributed by atoms with E-state index >= 15 is 0 Å². The minimum Gasteiger partial charge on any atom is -0.277 e. The van der Waals surface area contributed by atoms with E-state index in [-0.39, 0.29) is 5.91 Å². The molecule has 1 fully saturated rings. The molecule has 1 amide bonds. The lowest BCUT2D eigenvalue weighted by Gasteiger charge is -2.27. The second-order valence-corrected chi connectivity index (χ2v) is 3.96. The maximum absolute atomic E-state index is 11.2. The van der Waals surface area contributed by atoms with E-state index in [0.29, 0.717) is 18.3 Å². The van der Waals surface area contributed by atoms with Crippen LogP contribution >= 0.6 is 0 Å². The molecule has 13 heavy (non-hydrogen) atoms. The summed E-state index contributed by atoms with van der Waals surface area (Å²) >= 11 is 0. The molecule has 0 aromatic heterocycles. The van der Waals surface area contributed by atoms with Gasteiger partial charge in [0.25, 0.3) is 0 Å². The number of hydroxylamine groups is 1. The van der Waals surface area contributed by atoms with Crippen molar-refractivity contribution in [2.75, 3.05) is 7.11 Å². The largest absolute Gasteiger partial charge is 0.277 e. The molecule has 0 bridgehead atoms. The molecule has 2 atom stereocenters. The van der Waals surface area contributed by atoms with Crippen molar-refractivity contribution in [3.05, 3.63) is 0 Å². The highest BCUT2D eigenvalue weighted by Crippen LogP contribution is 2.31. The highest BCUT2D eigenvalue weighted by Gasteiger charge is 2.23. The second kappa shape index (κ2) is 5.22. The van der Waals surface area contributed by atoms with Gasteiger partial charge in [-0.3, -0.25) is 9.63 Å². The van der Waals surface area contributed by atoms with Gasteiger partial charge in [-0.2, -0.15) is 0 Å². The number of hydrogen-bond donors (Lipinski definition) is 1. The van der Waals surface area contributed by atoms with Crippen molar-refractivity contribution in [1.82, 2.24) is 5.48 Å². The van der Waals surface area contributed by atoms with Gasteiger partial charge in [0.05, 0.1) is 7.11 Å². The molecule has 0 aliphatic heterocycles. The van der Waals surface area contributed by atoms with Gasteiger partial charge in [0.2, 0.25) is 5.91 Å². The number of rotatable bonds is 3. The molecular weight excluding hydrogens is 166 g/mol. The number of hydrogen-bond acceptors (Lipinski definition) is 2. The summed E-state index contributed by atoms with van der Waals surface area (Å²) in [4.78, 5) is 15.8. The maximum Gasteiger partial charge on any atom is 0.243 e. The zero-order valence-electron chi connectivity index (χ0n) is 8.51. The van der Waals surface area contributed by atoms with Crippen molar-refractivity contribution in [3.8, 4) is 0 Å². The summed E-state index contributed by atoms with van der Waals surface area (Å²) in [5, 5.41) is 0. The van der Waals surface area contributed by atoms with Crippen LogP contribution in [0.25, 0.3) is 0 Å². The molecule has 0 heterocycles. The first-order valence-electron chi connectivity index (χ1n) is 5.06. The molecule has 0 spiro atoms. The molecule has 1 aliphatic rings. The van der Waals surface area contributed by atoms with E-state index in [2.05, 4.69) is 17.2 Å². The third kappa shape index (κ3) is 3.35. The van der Waals surface area contributed by atoms with E-state index in [1.165, 1.54) is 32.8 Å². The zero-order valence-corrected chi connectivity index (χ0v) is 8.51. The molecule has 1 N–H and O–H groups in total. The average molecular weight is 185 g/mol. The van der Waals surface area contributed by atoms with Crippen molar-refractivity contribution < 1.29 is 9.63 Å². The number of carbonyl (C=O) groups excluding carboxylic acids is 1. The van der Waals surface area contributed by atoms with E-state index in [4.69, 9.17) is 0 Å². The molecule has 0 radical (unpaired) electrons. The summed E-state index contributed by atoms with van der Waals surface area (Å²) in [5.74, 6) is 1.27. The van der Waals surface area contributed by atoms with Gasteiger partial charge in [0, 0.05) is 6.42 Å². The third-order valence-corrected chi connectivity index (χ3v) is 2.95. The fourth-order valence-corrected chi connectivity index (χ4v) is 2.09. The van der Waals surface area contributed by atoms with Gasteiger partial charge in [-0.25, -0.2) is 5.48 Å². The number of carbonyl (C=O) groups is 1. The average Bonchev–Trinajstić information content (AvgIpc) is 2.09. The van der Waals surface area contributed by atoms with Crippen LogP contribution in [-0.4, -0.2) is 13.0 Å². The monoisotopic (exact) mass is 185 g/mol. The summed E-state index contributed by atoms with van der Waals surface area (Å²) in [6, 6.07) is 0. The predicted molar refractivity (Wildman–Crippen MR) is 50.9 cm³/mol. The van der Waals surface area contributed by atoms with Gasteiger partial charge < -0.3 is 0 Å². The molecule has 0 aromatic carbocycles. The van der Waals surface area contributed by atoms with E-state index in [1.807, 2.05) is 0 Å². The molecule has 3 heteroatoms. The van der Waals surface area contributed by atoms with Gasteiger partial charge >= 0.3 is 0 Å². The molecule has 3 nitrogen and oxygen atoms in total. The molecule has 0 saturated heterocycles. The number of amides is 1. The maximum atomic E-state index is 11.2. The van der Waals surface area contributed by atoms with Crippen LogP contribution in [0.2, 0.25) is 0 Å². The van der Waals surface area contributed by atoms with Crippen LogP contribution in [0.1, 0.15) is 39.0 Å². The fraction of sp³-hybridized carbons (Fsp3) is 0.900. The van der Waals surface area contributed by atoms with Crippen molar-refractivity contribution in [2.24, 2.45) is 11.8 Å². The summed E-state index contributed by atoms with van der Waals surface area (Å²) in [5.41, 5.74) is 2.37. The Balaban J connectivity index is 2.29. The first kappa shape index (κ1) is 10.5. The Morgan fingerprint density at radius 2 is 2.15 bits per heavy atom. The van der Waals surface area contributed by atoms with Crippen LogP contribution in [0.4, 0.5) is 0 Å². The van der Waals surface area contributed by atoms with Crippen molar-refractivity contribution in [1.29, 1.82) is 0 Å². The minimum absolute atomic E-state index is 0.0150. The molecule has 1 aliphatic carbocycles. The van der Waals surface area contributed by atoms with E-state index in [0.717, 1.165) is 0 Å². The van der Waals surface area contributed by atoms with E-state index in [1.54, 1.807) is 0 Å². The molecule has 2 unspecified atom stereocenters. The van der Waals surface area contributed by atoms with Crippen LogP contribution in [0.3, 0.4) is 0 Å². The standard InChI is InChI=1S/C10H19NO2/c1-8-5-3-4-6-9(8)7-10(12)11-13-2/h8-9H,3-7H2,1-2H3,(H,11,12). The van der Waals surface area contributed by atoms with Crippen LogP contribution in [0.15, 0.2) is 0 Å². The normalized spacial score (nSPS) is 28.5. The Labute approximate surface area is 79.8 Å². The Morgan fingerprint density at radius 3 is 2.77 bits per heavy atom. The van der Waals surface area contributed by atoms with Gasteiger partial charge in [0.1, 0.15) is 0 Å². The first-order chi connectivity index (χ1) is 6.24. The highest BCUT2D eigenvalue weighted by atomic mass is 16.6. The van der Waals surface area contributed by atoms with Crippen molar-refractivity contribution in [3.63, 3.8) is 0 Å². The molecule has 0 aromatic rings. The van der Waals surface area contributed by atoms with Gasteiger partial charge in [-0.1, -0.05) is 26.2 Å². The highest BCUT2D eigenvalue weighted by molar-refractivity contribution is 5.75. The SMILES string of the molecule is CONC(=O)CC1CCCCC1C. The molecule has 1 rings (SSSR count). The minimum atomic E-state index is 0.0150. The second-order valence-electron chi connectivity index (χ2n) is 3.96. The smallest absolute Gasteiger partial charge is 0.243 e. The number of nitrogens with one attached hydrogen (secondary N) is 1. The predicted octanol–water partition coefficient (Wildman–Crippen LogP) is 1.88. The van der Waals surface area contributed by atoms with E-state index < -0.39 is 0 Å². The van der Waals surface area contributed by atoms with Gasteiger partial charge in [-0.15, -0.1) is 0 Å². The third-order valence-electron chi connectivity index (χ3n) is 2.95. The van der Waals surface area contributed by atoms with E-state index in [9.17, 15) is 4.79 Å². The molecule has 76 valence electrons. The summed E-state index contributed by atoms with van der Waals surface area (Å²) in [6.07, 6.45) is 5.68. The topological polar surface area (TPSA) is 38.3 Å². The van der Waals surface area contributed by atoms with Gasteiger partial charge in [0.15, 0.2) is 0 Å². The quantitative estimate of drug-likeness (QED) is 0.682. The van der Waals surface area contributed by atoms with Crippen molar-refractivity contribution in [2.45, 2.75) is 39.0 Å². The van der Waals surface area contributed by atoms with Crippen LogP contribution in [0.5, 0.6) is 0 Å². The fourth-order valence-electron chi connectivity index (χ4n) is 2.09. The summed E-state index contributed by atoms with van der Waals surface area (Å²) in [6.45, 7) is 2.24. The lowest BCUT2D eigenvalue weighted by molar-refractivity contribution is -0.132. The zero-order chi connectivity index (χ0) is 9.68. The Morgan fingerprint density at radius 1 is 1.46 bits per heavy atom. The first-order valence-corrected chi connectivity index (χ1v) is 5.06. The lowest BCUT2D eigenvalue weighted by atomic mass is 9.78. The van der Waals surface area contributed by atoms with Gasteiger partial charge in [-0.05, 0) is 18.3 Å². The Kier molecular flexibility index (Phi) is 4.22. The van der Waals surface area contributed by atoms with Crippen LogP contribution < -0.4 is 5.48 Å².